The van der Waals surface area contributed by atoms with Gasteiger partial charge in [-0.25, -0.2) is 4.98 Å². The molecule has 0 saturated carbocycles. The summed E-state index contributed by atoms with van der Waals surface area (Å²) in [6, 6.07) is 12.3. The fourth-order valence-electron chi connectivity index (χ4n) is 4.90. The number of nitriles is 1. The molecule has 0 amide bonds. The molecule has 32 heavy (non-hydrogen) atoms. The summed E-state index contributed by atoms with van der Waals surface area (Å²) in [5, 5.41) is 10.5. The highest BCUT2D eigenvalue weighted by molar-refractivity contribution is 7.19. The van der Waals surface area contributed by atoms with Gasteiger partial charge in [-0.1, -0.05) is 24.3 Å². The highest BCUT2D eigenvalue weighted by Gasteiger charge is 2.30. The average molecular weight is 458 g/mol. The maximum atomic E-state index is 13.4. The molecule has 5 nitrogen and oxygen atoms in total. The van der Waals surface area contributed by atoms with Crippen molar-refractivity contribution in [3.05, 3.63) is 73.0 Å². The van der Waals surface area contributed by atoms with E-state index in [0.717, 1.165) is 54.5 Å². The van der Waals surface area contributed by atoms with Gasteiger partial charge in [-0.3, -0.25) is 9.59 Å². The summed E-state index contributed by atoms with van der Waals surface area (Å²) >= 11 is 2.97. The second kappa shape index (κ2) is 7.51. The maximum Gasteiger partial charge on any atom is 0.259 e. The summed E-state index contributed by atoms with van der Waals surface area (Å²) in [4.78, 5) is 37.2. The van der Waals surface area contributed by atoms with Crippen molar-refractivity contribution in [1.29, 1.82) is 5.26 Å². The monoisotopic (exact) mass is 457 g/mol. The van der Waals surface area contributed by atoms with Crippen LogP contribution in [0.4, 0.5) is 0 Å². The molecule has 4 aromatic rings. The number of rotatable bonds is 3. The number of aromatic amines is 1. The van der Waals surface area contributed by atoms with Gasteiger partial charge in [0.1, 0.15) is 10.7 Å². The van der Waals surface area contributed by atoms with E-state index in [-0.39, 0.29) is 17.2 Å². The molecule has 0 radical (unpaired) electrons. The maximum absolute atomic E-state index is 13.4. The molecule has 7 heteroatoms. The standard InChI is InChI=1S/C25H19N3O2S2/c26-12-17(23-27-24(30)20-16-7-3-4-8-18(16)32-25(20)28-23)21(29)19-11-14-10-9-13-5-1-2-6-15(13)22(14)31-19/h1-2,5-6,11,17H,3-4,7-10H2,(H,27,28,30)/t17-/m0/s1. The quantitative estimate of drug-likeness (QED) is 0.430. The molecular weight excluding hydrogens is 438 g/mol. The van der Waals surface area contributed by atoms with Crippen molar-refractivity contribution in [2.45, 2.75) is 44.4 Å². The first kappa shape index (κ1) is 19.6. The van der Waals surface area contributed by atoms with E-state index in [2.05, 4.69) is 28.2 Å². The van der Waals surface area contributed by atoms with E-state index in [1.807, 2.05) is 18.2 Å². The third-order valence-electron chi connectivity index (χ3n) is 6.49. The number of benzene rings is 1. The normalized spacial score (nSPS) is 15.5. The average Bonchev–Trinajstić information content (AvgIpc) is 3.41. The van der Waals surface area contributed by atoms with Crippen LogP contribution in [0.5, 0.6) is 0 Å². The van der Waals surface area contributed by atoms with Gasteiger partial charge in [0.05, 0.1) is 16.3 Å². The number of nitrogens with one attached hydrogen (secondary N) is 1. The van der Waals surface area contributed by atoms with Crippen LogP contribution in [0.1, 0.15) is 55.8 Å². The van der Waals surface area contributed by atoms with Crippen LogP contribution in [0.2, 0.25) is 0 Å². The molecule has 0 bridgehead atoms. The summed E-state index contributed by atoms with van der Waals surface area (Å²) in [6.07, 6.45) is 5.89. The molecule has 1 N–H and O–H groups in total. The Kier molecular flexibility index (Phi) is 4.60. The summed E-state index contributed by atoms with van der Waals surface area (Å²) in [5.41, 5.74) is 4.47. The summed E-state index contributed by atoms with van der Waals surface area (Å²) in [5.74, 6) is -1.27. The summed E-state index contributed by atoms with van der Waals surface area (Å²) in [6.45, 7) is 0. The molecular formula is C25H19N3O2S2. The lowest BCUT2D eigenvalue weighted by Crippen LogP contribution is -2.19. The van der Waals surface area contributed by atoms with Gasteiger partial charge in [-0.2, -0.15) is 5.26 Å². The molecule has 0 aliphatic heterocycles. The molecule has 1 aromatic carbocycles. The topological polar surface area (TPSA) is 86.6 Å². The minimum absolute atomic E-state index is 0.153. The highest BCUT2D eigenvalue weighted by Crippen LogP contribution is 2.41. The van der Waals surface area contributed by atoms with Crippen molar-refractivity contribution >= 4 is 38.7 Å². The highest BCUT2D eigenvalue weighted by atomic mass is 32.1. The summed E-state index contributed by atoms with van der Waals surface area (Å²) in [7, 11) is 0. The lowest BCUT2D eigenvalue weighted by molar-refractivity contribution is 0.0980. The van der Waals surface area contributed by atoms with E-state index in [4.69, 9.17) is 0 Å². The SMILES string of the molecule is N#C[C@@H](C(=O)c1cc2c(s1)-c1ccccc1CC2)c1nc2sc3c(c2c(=O)[nH]1)CCCC3. The van der Waals surface area contributed by atoms with E-state index in [0.29, 0.717) is 15.1 Å². The molecule has 0 unspecified atom stereocenters. The zero-order chi connectivity index (χ0) is 21.8. The molecule has 0 fully saturated rings. The largest absolute Gasteiger partial charge is 0.308 e. The number of Topliss-reactive ketones (excluding diaryl/α,β-unsaturated/α-hetero) is 1. The number of ketones is 1. The van der Waals surface area contributed by atoms with Crippen LogP contribution in [0.25, 0.3) is 20.7 Å². The number of H-pyrrole nitrogens is 1. The molecule has 2 aliphatic rings. The van der Waals surface area contributed by atoms with E-state index < -0.39 is 5.92 Å². The van der Waals surface area contributed by atoms with Crippen LogP contribution in [-0.4, -0.2) is 15.8 Å². The first-order valence-electron chi connectivity index (χ1n) is 10.8. The second-order valence-electron chi connectivity index (χ2n) is 8.39. The fourth-order valence-corrected chi connectivity index (χ4v) is 7.41. The van der Waals surface area contributed by atoms with E-state index in [1.54, 1.807) is 0 Å². The van der Waals surface area contributed by atoms with Crippen LogP contribution in [0, 0.1) is 11.3 Å². The summed E-state index contributed by atoms with van der Waals surface area (Å²) < 4.78 is 0. The van der Waals surface area contributed by atoms with E-state index >= 15 is 0 Å². The van der Waals surface area contributed by atoms with Gasteiger partial charge in [0, 0.05) is 9.75 Å². The molecule has 1 atom stereocenters. The zero-order valence-electron chi connectivity index (χ0n) is 17.2. The van der Waals surface area contributed by atoms with Crippen LogP contribution in [-0.2, 0) is 25.7 Å². The Morgan fingerprint density at radius 2 is 1.91 bits per heavy atom. The number of hydrogen-bond acceptors (Lipinski definition) is 6. The Morgan fingerprint density at radius 3 is 2.78 bits per heavy atom. The van der Waals surface area contributed by atoms with Crippen molar-refractivity contribution < 1.29 is 4.79 Å². The van der Waals surface area contributed by atoms with E-state index in [9.17, 15) is 14.9 Å². The van der Waals surface area contributed by atoms with Crippen molar-refractivity contribution in [1.82, 2.24) is 9.97 Å². The fraction of sp³-hybridized carbons (Fsp3) is 0.280. The van der Waals surface area contributed by atoms with Gasteiger partial charge in [0.25, 0.3) is 5.56 Å². The number of carbonyl (C=O) groups excluding carboxylic acids is 1. The van der Waals surface area contributed by atoms with Crippen molar-refractivity contribution in [3.8, 4) is 16.5 Å². The van der Waals surface area contributed by atoms with Crippen molar-refractivity contribution in [2.24, 2.45) is 0 Å². The number of aromatic nitrogens is 2. The molecule has 158 valence electrons. The zero-order valence-corrected chi connectivity index (χ0v) is 18.9. The number of fused-ring (bicyclic) bond motifs is 6. The number of thiophene rings is 2. The molecule has 0 spiro atoms. The number of aryl methyl sites for hydroxylation is 4. The molecule has 3 aromatic heterocycles. The smallest absolute Gasteiger partial charge is 0.259 e. The first-order chi connectivity index (χ1) is 15.6. The number of carbonyl (C=O) groups is 1. The Bertz CT molecular complexity index is 1500. The third-order valence-corrected chi connectivity index (χ3v) is 8.90. The lowest BCUT2D eigenvalue weighted by atomic mass is 9.91. The third kappa shape index (κ3) is 2.98. The second-order valence-corrected chi connectivity index (χ2v) is 10.5. The Morgan fingerprint density at radius 1 is 1.09 bits per heavy atom. The molecule has 0 saturated heterocycles. The van der Waals surface area contributed by atoms with Gasteiger partial charge >= 0.3 is 0 Å². The predicted molar refractivity (Wildman–Crippen MR) is 127 cm³/mol. The van der Waals surface area contributed by atoms with Crippen molar-refractivity contribution in [2.75, 3.05) is 0 Å². The Hall–Kier alpha value is -3.08. The van der Waals surface area contributed by atoms with Gasteiger partial charge in [-0.05, 0) is 66.8 Å². The molecule has 6 rings (SSSR count). The van der Waals surface area contributed by atoms with Crippen molar-refractivity contribution in [3.63, 3.8) is 0 Å². The van der Waals surface area contributed by atoms with Crippen LogP contribution in [0.3, 0.4) is 0 Å². The van der Waals surface area contributed by atoms with Crippen LogP contribution in [0.15, 0.2) is 35.1 Å². The van der Waals surface area contributed by atoms with Gasteiger partial charge in [-0.15, -0.1) is 22.7 Å². The van der Waals surface area contributed by atoms with Gasteiger partial charge in [0.2, 0.25) is 0 Å². The first-order valence-corrected chi connectivity index (χ1v) is 12.5. The minimum atomic E-state index is -1.12. The van der Waals surface area contributed by atoms with Gasteiger partial charge in [0.15, 0.2) is 11.7 Å². The van der Waals surface area contributed by atoms with Crippen LogP contribution >= 0.6 is 22.7 Å². The van der Waals surface area contributed by atoms with E-state index in [1.165, 1.54) is 38.7 Å². The van der Waals surface area contributed by atoms with Crippen LogP contribution < -0.4 is 5.56 Å². The lowest BCUT2D eigenvalue weighted by Gasteiger charge is -2.15. The predicted octanol–water partition coefficient (Wildman–Crippen LogP) is 5.18. The number of nitrogens with zero attached hydrogens (tertiary/aromatic N) is 2. The Labute approximate surface area is 192 Å². The van der Waals surface area contributed by atoms with Gasteiger partial charge < -0.3 is 4.98 Å². The number of hydrogen-bond donors (Lipinski definition) is 1. The Balaban J connectivity index is 1.40. The minimum Gasteiger partial charge on any atom is -0.308 e. The molecule has 3 heterocycles. The molecule has 2 aliphatic carbocycles.